The summed E-state index contributed by atoms with van der Waals surface area (Å²) in [4.78, 5) is 24.7. The minimum Gasteiger partial charge on any atom is -0.383 e. The van der Waals surface area contributed by atoms with Crippen LogP contribution in [0.15, 0.2) is 9.59 Å². The first-order valence-electron chi connectivity index (χ1n) is 5.19. The van der Waals surface area contributed by atoms with Gasteiger partial charge in [0.2, 0.25) is 0 Å². The highest BCUT2D eigenvalue weighted by Crippen LogP contribution is 2.19. The summed E-state index contributed by atoms with van der Waals surface area (Å²) in [5.41, 5.74) is 3.80. The Kier molecular flexibility index (Phi) is 4.04. The van der Waals surface area contributed by atoms with E-state index < -0.39 is 30.4 Å². The SMILES string of the molecule is CCn1c(N)c(NCCC(F)(F)F)c(=O)[nH]c1=O. The quantitative estimate of drug-likeness (QED) is 0.740. The van der Waals surface area contributed by atoms with E-state index in [1.807, 2.05) is 4.98 Å². The molecule has 9 heteroatoms. The Bertz CT molecular complexity index is 532. The molecule has 4 N–H and O–H groups in total. The molecule has 1 rings (SSSR count). The van der Waals surface area contributed by atoms with Gasteiger partial charge in [-0.05, 0) is 6.92 Å². The van der Waals surface area contributed by atoms with Crippen LogP contribution < -0.4 is 22.3 Å². The van der Waals surface area contributed by atoms with Gasteiger partial charge in [0.15, 0.2) is 0 Å². The van der Waals surface area contributed by atoms with Crippen LogP contribution in [0.4, 0.5) is 24.7 Å². The summed E-state index contributed by atoms with van der Waals surface area (Å²) in [5.74, 6) is -0.173. The van der Waals surface area contributed by atoms with E-state index >= 15 is 0 Å². The first-order chi connectivity index (χ1) is 8.26. The molecule has 0 spiro atoms. The van der Waals surface area contributed by atoms with Crippen LogP contribution in [0.3, 0.4) is 0 Å². The lowest BCUT2D eigenvalue weighted by Crippen LogP contribution is -2.34. The number of halogens is 3. The van der Waals surface area contributed by atoms with E-state index in [0.717, 1.165) is 4.57 Å². The average Bonchev–Trinajstić information content (AvgIpc) is 2.21. The van der Waals surface area contributed by atoms with Gasteiger partial charge in [-0.15, -0.1) is 0 Å². The van der Waals surface area contributed by atoms with Crippen LogP contribution >= 0.6 is 0 Å². The minimum atomic E-state index is -4.33. The largest absolute Gasteiger partial charge is 0.390 e. The summed E-state index contributed by atoms with van der Waals surface area (Å²) in [5, 5.41) is 2.29. The molecule has 1 aromatic rings. The van der Waals surface area contributed by atoms with Crippen molar-refractivity contribution in [1.29, 1.82) is 0 Å². The van der Waals surface area contributed by atoms with Crippen molar-refractivity contribution in [1.82, 2.24) is 9.55 Å². The first kappa shape index (κ1) is 14.1. The molecule has 0 bridgehead atoms. The van der Waals surface area contributed by atoms with E-state index in [4.69, 9.17) is 5.73 Å². The number of hydrogen-bond donors (Lipinski definition) is 3. The highest BCUT2D eigenvalue weighted by Gasteiger charge is 2.26. The number of nitrogens with zero attached hydrogens (tertiary/aromatic N) is 1. The predicted octanol–water partition coefficient (Wildman–Crippen LogP) is 0.503. The summed E-state index contributed by atoms with van der Waals surface area (Å²) in [6.07, 6.45) is -5.43. The number of nitrogens with two attached hydrogens (primary N) is 1. The lowest BCUT2D eigenvalue weighted by Gasteiger charge is -2.13. The second kappa shape index (κ2) is 5.15. The van der Waals surface area contributed by atoms with Gasteiger partial charge in [-0.1, -0.05) is 0 Å². The van der Waals surface area contributed by atoms with Gasteiger partial charge in [-0.2, -0.15) is 13.2 Å². The smallest absolute Gasteiger partial charge is 0.383 e. The molecule has 0 aliphatic carbocycles. The first-order valence-corrected chi connectivity index (χ1v) is 5.19. The van der Waals surface area contributed by atoms with E-state index in [2.05, 4.69) is 5.32 Å². The van der Waals surface area contributed by atoms with E-state index in [1.165, 1.54) is 0 Å². The molecule has 0 saturated heterocycles. The summed E-state index contributed by atoms with van der Waals surface area (Å²) in [6.45, 7) is 1.34. The lowest BCUT2D eigenvalue weighted by molar-refractivity contribution is -0.131. The van der Waals surface area contributed by atoms with Gasteiger partial charge in [0, 0.05) is 13.1 Å². The van der Waals surface area contributed by atoms with Crippen molar-refractivity contribution in [3.8, 4) is 0 Å². The van der Waals surface area contributed by atoms with Crippen molar-refractivity contribution >= 4 is 11.5 Å². The predicted molar refractivity (Wildman–Crippen MR) is 60.6 cm³/mol. The standard InChI is InChI=1S/C9H13F3N4O2/c1-2-16-6(13)5(7(17)15-8(16)18)14-4-3-9(10,11)12/h14H,2-4,13H2,1H3,(H,15,17,18). The normalized spacial score (nSPS) is 11.6. The number of aromatic nitrogens is 2. The van der Waals surface area contributed by atoms with Crippen molar-refractivity contribution in [2.24, 2.45) is 0 Å². The molecule has 0 atom stereocenters. The van der Waals surface area contributed by atoms with Gasteiger partial charge < -0.3 is 11.1 Å². The van der Waals surface area contributed by atoms with Gasteiger partial charge in [0.05, 0.1) is 6.42 Å². The Morgan fingerprint density at radius 3 is 2.50 bits per heavy atom. The van der Waals surface area contributed by atoms with Crippen molar-refractivity contribution < 1.29 is 13.2 Å². The fraction of sp³-hybridized carbons (Fsp3) is 0.556. The number of nitrogens with one attached hydrogen (secondary N) is 2. The molecule has 0 aromatic carbocycles. The molecule has 0 aliphatic heterocycles. The van der Waals surface area contributed by atoms with Crippen LogP contribution in [0.2, 0.25) is 0 Å². The van der Waals surface area contributed by atoms with Gasteiger partial charge in [-0.25, -0.2) is 4.79 Å². The van der Waals surface area contributed by atoms with Crippen LogP contribution in [0.5, 0.6) is 0 Å². The van der Waals surface area contributed by atoms with Gasteiger partial charge in [0.1, 0.15) is 11.5 Å². The Labute approximate surface area is 99.6 Å². The molecule has 6 nitrogen and oxygen atoms in total. The molecule has 0 amide bonds. The number of H-pyrrole nitrogens is 1. The Morgan fingerprint density at radius 1 is 1.39 bits per heavy atom. The van der Waals surface area contributed by atoms with Crippen molar-refractivity contribution in [3.63, 3.8) is 0 Å². The molecule has 0 fully saturated rings. The maximum Gasteiger partial charge on any atom is 0.390 e. The molecule has 102 valence electrons. The molecule has 1 heterocycles. The summed E-state index contributed by atoms with van der Waals surface area (Å²) >= 11 is 0. The number of rotatable bonds is 4. The second-order valence-electron chi connectivity index (χ2n) is 3.56. The van der Waals surface area contributed by atoms with E-state index in [9.17, 15) is 22.8 Å². The molecule has 0 unspecified atom stereocenters. The fourth-order valence-corrected chi connectivity index (χ4v) is 1.40. The molecule has 18 heavy (non-hydrogen) atoms. The zero-order chi connectivity index (χ0) is 13.9. The third kappa shape index (κ3) is 3.28. The molecular weight excluding hydrogens is 253 g/mol. The van der Waals surface area contributed by atoms with Crippen LogP contribution in [-0.2, 0) is 6.54 Å². The van der Waals surface area contributed by atoms with Gasteiger partial charge in [-0.3, -0.25) is 14.3 Å². The van der Waals surface area contributed by atoms with E-state index in [0.29, 0.717) is 0 Å². The number of aromatic amines is 1. The van der Waals surface area contributed by atoms with Crippen LogP contribution in [0.25, 0.3) is 0 Å². The monoisotopic (exact) mass is 266 g/mol. The third-order valence-corrected chi connectivity index (χ3v) is 2.27. The van der Waals surface area contributed by atoms with E-state index in [-0.39, 0.29) is 18.1 Å². The topological polar surface area (TPSA) is 92.9 Å². The maximum atomic E-state index is 12.0. The van der Waals surface area contributed by atoms with Crippen molar-refractivity contribution in [2.45, 2.75) is 26.1 Å². The van der Waals surface area contributed by atoms with Crippen LogP contribution in [0.1, 0.15) is 13.3 Å². The number of nitrogen functional groups attached to an aromatic ring is 1. The summed E-state index contributed by atoms with van der Waals surface area (Å²) in [6, 6.07) is 0. The number of alkyl halides is 3. The van der Waals surface area contributed by atoms with Crippen LogP contribution in [-0.4, -0.2) is 22.3 Å². The minimum absolute atomic E-state index is 0.173. The molecule has 0 radical (unpaired) electrons. The molecule has 0 saturated carbocycles. The number of anilines is 2. The zero-order valence-corrected chi connectivity index (χ0v) is 9.60. The summed E-state index contributed by atoms with van der Waals surface area (Å²) in [7, 11) is 0. The van der Waals surface area contributed by atoms with E-state index in [1.54, 1.807) is 6.92 Å². The Hall–Kier alpha value is -1.93. The Morgan fingerprint density at radius 2 is 2.00 bits per heavy atom. The molecular formula is C9H13F3N4O2. The fourth-order valence-electron chi connectivity index (χ4n) is 1.40. The number of hydrogen-bond acceptors (Lipinski definition) is 4. The summed E-state index contributed by atoms with van der Waals surface area (Å²) < 4.78 is 36.9. The Balaban J connectivity index is 2.96. The third-order valence-electron chi connectivity index (χ3n) is 2.27. The molecule has 0 aliphatic rings. The van der Waals surface area contributed by atoms with Crippen LogP contribution in [0, 0.1) is 0 Å². The molecule has 1 aromatic heterocycles. The van der Waals surface area contributed by atoms with Gasteiger partial charge in [0.25, 0.3) is 5.56 Å². The van der Waals surface area contributed by atoms with Crippen molar-refractivity contribution in [3.05, 3.63) is 20.8 Å². The second-order valence-corrected chi connectivity index (χ2v) is 3.56. The van der Waals surface area contributed by atoms with Crippen molar-refractivity contribution in [2.75, 3.05) is 17.6 Å². The maximum absolute atomic E-state index is 12.0. The van der Waals surface area contributed by atoms with Gasteiger partial charge >= 0.3 is 11.9 Å². The highest BCUT2D eigenvalue weighted by atomic mass is 19.4. The zero-order valence-electron chi connectivity index (χ0n) is 9.60. The highest BCUT2D eigenvalue weighted by molar-refractivity contribution is 5.60. The average molecular weight is 266 g/mol. The lowest BCUT2D eigenvalue weighted by atomic mass is 10.3.